The van der Waals surface area contributed by atoms with E-state index in [-0.39, 0.29) is 29.1 Å². The Kier molecular flexibility index (Phi) is 6.39. The van der Waals surface area contributed by atoms with E-state index in [0.717, 1.165) is 10.5 Å². The van der Waals surface area contributed by atoms with Gasteiger partial charge in [-0.1, -0.05) is 23.3 Å². The Labute approximate surface area is 173 Å². The van der Waals surface area contributed by atoms with E-state index in [1.165, 1.54) is 12.1 Å². The van der Waals surface area contributed by atoms with Crippen molar-refractivity contribution >= 4 is 33.5 Å². The molecule has 1 amide bonds. The Balaban J connectivity index is 1.71. The first-order valence-corrected chi connectivity index (χ1v) is 11.7. The second kappa shape index (κ2) is 8.79. The first-order chi connectivity index (χ1) is 13.8. The molecule has 0 saturated heterocycles. The summed E-state index contributed by atoms with van der Waals surface area (Å²) in [7, 11) is -3.42. The van der Waals surface area contributed by atoms with Crippen molar-refractivity contribution < 1.29 is 17.6 Å². The van der Waals surface area contributed by atoms with Crippen LogP contribution >= 0.6 is 11.8 Å². The Hall–Kier alpha value is -2.65. The summed E-state index contributed by atoms with van der Waals surface area (Å²) in [6, 6.07) is 14.0. The van der Waals surface area contributed by atoms with Gasteiger partial charge in [0.15, 0.2) is 9.84 Å². The molecular weight excluding hydrogens is 410 g/mol. The number of aromatic nitrogens is 2. The van der Waals surface area contributed by atoms with E-state index in [4.69, 9.17) is 4.42 Å². The van der Waals surface area contributed by atoms with Crippen molar-refractivity contribution in [1.82, 2.24) is 10.2 Å². The Morgan fingerprint density at radius 3 is 2.52 bits per heavy atom. The lowest BCUT2D eigenvalue weighted by atomic mass is 10.1. The van der Waals surface area contributed by atoms with Gasteiger partial charge in [-0.15, -0.1) is 16.9 Å². The second-order valence-corrected chi connectivity index (χ2v) is 9.99. The third-order valence-corrected chi connectivity index (χ3v) is 7.12. The van der Waals surface area contributed by atoms with Crippen molar-refractivity contribution in [2.24, 2.45) is 0 Å². The highest BCUT2D eigenvalue weighted by Crippen LogP contribution is 2.25. The van der Waals surface area contributed by atoms with E-state index >= 15 is 0 Å². The van der Waals surface area contributed by atoms with Crippen molar-refractivity contribution in [3.8, 4) is 11.5 Å². The van der Waals surface area contributed by atoms with Crippen molar-refractivity contribution in [2.75, 3.05) is 11.6 Å². The van der Waals surface area contributed by atoms with Crippen molar-refractivity contribution in [2.45, 2.75) is 35.3 Å². The molecule has 0 aliphatic heterocycles. The summed E-state index contributed by atoms with van der Waals surface area (Å²) >= 11 is 1.63. The number of sulfone groups is 1. The molecule has 29 heavy (non-hydrogen) atoms. The van der Waals surface area contributed by atoms with Gasteiger partial charge in [-0.3, -0.25) is 10.1 Å². The molecule has 0 bridgehead atoms. The van der Waals surface area contributed by atoms with Gasteiger partial charge in [0.25, 0.3) is 0 Å². The predicted octanol–water partition coefficient (Wildman–Crippen LogP) is 3.82. The molecule has 7 nitrogen and oxygen atoms in total. The summed E-state index contributed by atoms with van der Waals surface area (Å²) in [6.45, 7) is 3.24. The fraction of sp³-hybridized carbons (Fsp3) is 0.250. The van der Waals surface area contributed by atoms with Crippen molar-refractivity contribution in [1.29, 1.82) is 0 Å². The molecule has 9 heteroatoms. The largest absolute Gasteiger partial charge is 0.403 e. The van der Waals surface area contributed by atoms with Crippen LogP contribution in [0.2, 0.25) is 0 Å². The number of anilines is 1. The summed E-state index contributed by atoms with van der Waals surface area (Å²) in [5.74, 6) is -0.154. The van der Waals surface area contributed by atoms with Crippen LogP contribution in [0, 0.1) is 0 Å². The van der Waals surface area contributed by atoms with Gasteiger partial charge < -0.3 is 4.42 Å². The summed E-state index contributed by atoms with van der Waals surface area (Å²) < 4.78 is 30.2. The minimum Gasteiger partial charge on any atom is -0.403 e. The summed E-state index contributed by atoms with van der Waals surface area (Å²) in [4.78, 5) is 13.5. The summed E-state index contributed by atoms with van der Waals surface area (Å²) in [6.07, 6.45) is 2.16. The molecule has 0 radical (unpaired) electrons. The van der Waals surface area contributed by atoms with Crippen LogP contribution in [0.1, 0.15) is 19.4 Å². The predicted molar refractivity (Wildman–Crippen MR) is 113 cm³/mol. The van der Waals surface area contributed by atoms with Gasteiger partial charge in [0, 0.05) is 10.5 Å². The number of nitrogens with one attached hydrogen (secondary N) is 1. The first kappa shape index (κ1) is 21.1. The molecule has 3 rings (SSSR count). The monoisotopic (exact) mass is 431 g/mol. The molecule has 1 N–H and O–H groups in total. The fourth-order valence-electron chi connectivity index (χ4n) is 2.56. The maximum absolute atomic E-state index is 12.4. The van der Waals surface area contributed by atoms with Crippen LogP contribution in [0.3, 0.4) is 0 Å². The van der Waals surface area contributed by atoms with Crippen LogP contribution in [0.25, 0.3) is 11.5 Å². The van der Waals surface area contributed by atoms with Gasteiger partial charge in [-0.25, -0.2) is 8.42 Å². The number of thioether (sulfide) groups is 1. The Morgan fingerprint density at radius 1 is 1.14 bits per heavy atom. The van der Waals surface area contributed by atoms with Crippen LogP contribution in [-0.4, -0.2) is 36.0 Å². The van der Waals surface area contributed by atoms with Crippen LogP contribution < -0.4 is 5.32 Å². The molecule has 0 aliphatic carbocycles. The molecule has 0 spiro atoms. The van der Waals surface area contributed by atoms with Gasteiger partial charge in [0.05, 0.1) is 16.6 Å². The molecule has 2 aromatic carbocycles. The highest BCUT2D eigenvalue weighted by molar-refractivity contribution is 7.98. The zero-order valence-corrected chi connectivity index (χ0v) is 17.9. The number of hydrogen-bond donors (Lipinski definition) is 1. The van der Waals surface area contributed by atoms with Crippen molar-refractivity contribution in [3.05, 3.63) is 54.1 Å². The fourth-order valence-corrected chi connectivity index (χ4v) is 4.07. The lowest BCUT2D eigenvalue weighted by Crippen LogP contribution is -2.14. The molecule has 0 atom stereocenters. The molecular formula is C20H21N3O4S2. The number of nitrogens with zero attached hydrogens (tertiary/aromatic N) is 2. The maximum atomic E-state index is 12.4. The highest BCUT2D eigenvalue weighted by atomic mass is 32.2. The molecule has 0 unspecified atom stereocenters. The summed E-state index contributed by atoms with van der Waals surface area (Å²) in [5.41, 5.74) is 1.33. The molecule has 3 aromatic rings. The van der Waals surface area contributed by atoms with E-state index < -0.39 is 15.1 Å². The van der Waals surface area contributed by atoms with E-state index in [1.54, 1.807) is 37.7 Å². The van der Waals surface area contributed by atoms with Gasteiger partial charge >= 0.3 is 6.01 Å². The van der Waals surface area contributed by atoms with Crippen LogP contribution in [0.15, 0.2) is 62.7 Å². The summed E-state index contributed by atoms with van der Waals surface area (Å²) in [5, 5.41) is 9.76. The van der Waals surface area contributed by atoms with Crippen molar-refractivity contribution in [3.63, 3.8) is 0 Å². The van der Waals surface area contributed by atoms with Crippen LogP contribution in [0.4, 0.5) is 6.01 Å². The number of carbonyl (C=O) groups is 1. The quantitative estimate of drug-likeness (QED) is 0.567. The molecule has 0 aliphatic rings. The lowest BCUT2D eigenvalue weighted by molar-refractivity contribution is -0.115. The number of hydrogen-bond acceptors (Lipinski definition) is 7. The third kappa shape index (κ3) is 5.04. The highest BCUT2D eigenvalue weighted by Gasteiger charge is 2.20. The standard InChI is InChI=1S/C20H21N3O4S2/c1-13(2)29(25,26)17-6-4-5-15(12-17)19-22-23-20(27-19)21-18(24)11-14-7-9-16(28-3)10-8-14/h4-10,12-13H,11H2,1-3H3,(H,21,23,24). The zero-order valence-electron chi connectivity index (χ0n) is 16.2. The third-order valence-electron chi connectivity index (χ3n) is 4.23. The zero-order chi connectivity index (χ0) is 21.0. The molecule has 152 valence electrons. The van der Waals surface area contributed by atoms with Gasteiger partial charge in [0.2, 0.25) is 11.8 Å². The van der Waals surface area contributed by atoms with E-state index in [0.29, 0.717) is 5.56 Å². The average molecular weight is 432 g/mol. The Morgan fingerprint density at radius 2 is 1.86 bits per heavy atom. The normalized spacial score (nSPS) is 11.6. The number of rotatable bonds is 7. The van der Waals surface area contributed by atoms with Gasteiger partial charge in [0.1, 0.15) is 0 Å². The van der Waals surface area contributed by atoms with E-state index in [1.807, 2.05) is 30.5 Å². The smallest absolute Gasteiger partial charge is 0.322 e. The first-order valence-electron chi connectivity index (χ1n) is 8.90. The van der Waals surface area contributed by atoms with Gasteiger partial charge in [-0.05, 0) is 56.0 Å². The minimum absolute atomic E-state index is 0.0390. The lowest BCUT2D eigenvalue weighted by Gasteiger charge is -2.08. The number of benzene rings is 2. The maximum Gasteiger partial charge on any atom is 0.322 e. The van der Waals surface area contributed by atoms with Crippen LogP contribution in [0.5, 0.6) is 0 Å². The minimum atomic E-state index is -3.42. The SMILES string of the molecule is CSc1ccc(CC(=O)Nc2nnc(-c3cccc(S(=O)(=O)C(C)C)c3)o2)cc1. The topological polar surface area (TPSA) is 102 Å². The second-order valence-electron chi connectivity index (χ2n) is 6.61. The Bertz CT molecular complexity index is 1110. The molecule has 1 heterocycles. The molecule has 1 aromatic heterocycles. The number of carbonyl (C=O) groups excluding carboxylic acids is 1. The van der Waals surface area contributed by atoms with E-state index in [2.05, 4.69) is 15.5 Å². The van der Waals surface area contributed by atoms with Crippen LogP contribution in [-0.2, 0) is 21.1 Å². The van der Waals surface area contributed by atoms with Gasteiger partial charge in [-0.2, -0.15) is 0 Å². The molecule has 0 fully saturated rings. The van der Waals surface area contributed by atoms with E-state index in [9.17, 15) is 13.2 Å². The average Bonchev–Trinajstić information content (AvgIpc) is 3.17. The molecule has 0 saturated carbocycles. The number of amides is 1.